The zero-order valence-electron chi connectivity index (χ0n) is 10.1. The van der Waals surface area contributed by atoms with E-state index in [2.05, 4.69) is 18.3 Å². The SMILES string of the molecule is CC1CCC(CNCc2ccccc2N)C1. The molecule has 3 N–H and O–H groups in total. The van der Waals surface area contributed by atoms with Crippen LogP contribution in [0.4, 0.5) is 5.69 Å². The zero-order valence-corrected chi connectivity index (χ0v) is 10.1. The average molecular weight is 218 g/mol. The first kappa shape index (κ1) is 11.5. The summed E-state index contributed by atoms with van der Waals surface area (Å²) in [6.45, 7) is 4.39. The van der Waals surface area contributed by atoms with Gasteiger partial charge in [0.1, 0.15) is 0 Å². The van der Waals surface area contributed by atoms with Crippen LogP contribution in [0.25, 0.3) is 0 Å². The predicted octanol–water partition coefficient (Wildman–Crippen LogP) is 2.79. The Morgan fingerprint density at radius 1 is 1.31 bits per heavy atom. The molecule has 2 unspecified atom stereocenters. The first-order chi connectivity index (χ1) is 7.75. The van der Waals surface area contributed by atoms with Crippen molar-refractivity contribution in [1.82, 2.24) is 5.32 Å². The molecule has 0 amide bonds. The van der Waals surface area contributed by atoms with E-state index in [1.54, 1.807) is 0 Å². The van der Waals surface area contributed by atoms with Gasteiger partial charge >= 0.3 is 0 Å². The Morgan fingerprint density at radius 3 is 2.81 bits per heavy atom. The molecule has 1 aliphatic carbocycles. The minimum absolute atomic E-state index is 0.875. The van der Waals surface area contributed by atoms with Gasteiger partial charge in [-0.1, -0.05) is 31.5 Å². The Labute approximate surface area is 98.2 Å². The number of nitrogen functional groups attached to an aromatic ring is 1. The molecule has 0 heterocycles. The fourth-order valence-electron chi connectivity index (χ4n) is 2.62. The molecule has 2 rings (SSSR count). The molecule has 2 heteroatoms. The van der Waals surface area contributed by atoms with E-state index in [-0.39, 0.29) is 0 Å². The quantitative estimate of drug-likeness (QED) is 0.763. The van der Waals surface area contributed by atoms with E-state index in [4.69, 9.17) is 5.73 Å². The van der Waals surface area contributed by atoms with Gasteiger partial charge in [0.2, 0.25) is 0 Å². The maximum Gasteiger partial charge on any atom is 0.0359 e. The second kappa shape index (κ2) is 5.35. The molecule has 88 valence electrons. The maximum absolute atomic E-state index is 5.90. The predicted molar refractivity (Wildman–Crippen MR) is 69.1 cm³/mol. The van der Waals surface area contributed by atoms with Gasteiger partial charge in [0.25, 0.3) is 0 Å². The summed E-state index contributed by atoms with van der Waals surface area (Å²) in [4.78, 5) is 0. The van der Waals surface area contributed by atoms with E-state index in [0.29, 0.717) is 0 Å². The van der Waals surface area contributed by atoms with Crippen LogP contribution in [0.1, 0.15) is 31.7 Å². The van der Waals surface area contributed by atoms with Gasteiger partial charge in [0.05, 0.1) is 0 Å². The summed E-state index contributed by atoms with van der Waals surface area (Å²) in [5.41, 5.74) is 8.01. The smallest absolute Gasteiger partial charge is 0.0359 e. The lowest BCUT2D eigenvalue weighted by molar-refractivity contribution is 0.471. The van der Waals surface area contributed by atoms with E-state index in [9.17, 15) is 0 Å². The number of benzene rings is 1. The van der Waals surface area contributed by atoms with Crippen molar-refractivity contribution in [1.29, 1.82) is 0 Å². The van der Waals surface area contributed by atoms with Crippen molar-refractivity contribution in [2.75, 3.05) is 12.3 Å². The Kier molecular flexibility index (Phi) is 3.83. The van der Waals surface area contributed by atoms with Crippen LogP contribution in [-0.4, -0.2) is 6.54 Å². The molecule has 0 aromatic heterocycles. The monoisotopic (exact) mass is 218 g/mol. The number of nitrogens with two attached hydrogens (primary N) is 1. The van der Waals surface area contributed by atoms with E-state index < -0.39 is 0 Å². The minimum Gasteiger partial charge on any atom is -0.398 e. The highest BCUT2D eigenvalue weighted by atomic mass is 14.9. The highest BCUT2D eigenvalue weighted by molar-refractivity contribution is 5.46. The second-order valence-electron chi connectivity index (χ2n) is 5.11. The fraction of sp³-hybridized carbons (Fsp3) is 0.571. The highest BCUT2D eigenvalue weighted by Gasteiger charge is 2.20. The van der Waals surface area contributed by atoms with E-state index in [1.165, 1.54) is 24.8 Å². The van der Waals surface area contributed by atoms with Crippen molar-refractivity contribution in [2.45, 2.75) is 32.7 Å². The Balaban J connectivity index is 1.74. The molecule has 1 aromatic rings. The molecule has 0 spiro atoms. The fourth-order valence-corrected chi connectivity index (χ4v) is 2.62. The summed E-state index contributed by atoms with van der Waals surface area (Å²) < 4.78 is 0. The molecule has 2 nitrogen and oxygen atoms in total. The van der Waals surface area contributed by atoms with Crippen molar-refractivity contribution in [3.05, 3.63) is 29.8 Å². The number of nitrogens with one attached hydrogen (secondary N) is 1. The van der Waals surface area contributed by atoms with Crippen molar-refractivity contribution >= 4 is 5.69 Å². The maximum atomic E-state index is 5.90. The molecule has 16 heavy (non-hydrogen) atoms. The van der Waals surface area contributed by atoms with Gasteiger partial charge in [0, 0.05) is 12.2 Å². The third-order valence-electron chi connectivity index (χ3n) is 3.61. The summed E-state index contributed by atoms with van der Waals surface area (Å²) in [6.07, 6.45) is 4.18. The highest BCUT2D eigenvalue weighted by Crippen LogP contribution is 2.29. The van der Waals surface area contributed by atoms with Crippen molar-refractivity contribution in [2.24, 2.45) is 11.8 Å². The van der Waals surface area contributed by atoms with Crippen LogP contribution in [0, 0.1) is 11.8 Å². The van der Waals surface area contributed by atoms with E-state index in [1.807, 2.05) is 18.2 Å². The van der Waals surface area contributed by atoms with Crippen LogP contribution in [0.3, 0.4) is 0 Å². The molecule has 0 bridgehead atoms. The molecule has 1 aromatic carbocycles. The van der Waals surface area contributed by atoms with Gasteiger partial charge in [-0.2, -0.15) is 0 Å². The first-order valence-electron chi connectivity index (χ1n) is 6.30. The second-order valence-corrected chi connectivity index (χ2v) is 5.11. The molecule has 1 aliphatic rings. The Bertz CT molecular complexity index is 335. The van der Waals surface area contributed by atoms with Gasteiger partial charge < -0.3 is 11.1 Å². The van der Waals surface area contributed by atoms with Crippen molar-refractivity contribution < 1.29 is 0 Å². The topological polar surface area (TPSA) is 38.0 Å². The molecular weight excluding hydrogens is 196 g/mol. The Hall–Kier alpha value is -1.02. The first-order valence-corrected chi connectivity index (χ1v) is 6.30. The van der Waals surface area contributed by atoms with Gasteiger partial charge in [-0.3, -0.25) is 0 Å². The van der Waals surface area contributed by atoms with Crippen LogP contribution in [0.2, 0.25) is 0 Å². The number of hydrogen-bond acceptors (Lipinski definition) is 2. The van der Waals surface area contributed by atoms with Gasteiger partial charge in [0.15, 0.2) is 0 Å². The zero-order chi connectivity index (χ0) is 11.4. The summed E-state index contributed by atoms with van der Waals surface area (Å²) in [5.74, 6) is 1.80. The van der Waals surface area contributed by atoms with Gasteiger partial charge in [-0.05, 0) is 42.9 Å². The standard InChI is InChI=1S/C14H22N2/c1-11-6-7-12(8-11)9-16-10-13-4-2-3-5-14(13)15/h2-5,11-12,16H,6-10,15H2,1H3. The minimum atomic E-state index is 0.875. The lowest BCUT2D eigenvalue weighted by Gasteiger charge is -2.12. The van der Waals surface area contributed by atoms with E-state index >= 15 is 0 Å². The van der Waals surface area contributed by atoms with Gasteiger partial charge in [-0.25, -0.2) is 0 Å². The third kappa shape index (κ3) is 2.99. The molecule has 0 aliphatic heterocycles. The number of anilines is 1. The molecule has 2 atom stereocenters. The van der Waals surface area contributed by atoms with Crippen LogP contribution in [0.15, 0.2) is 24.3 Å². The van der Waals surface area contributed by atoms with Crippen LogP contribution in [0.5, 0.6) is 0 Å². The summed E-state index contributed by atoms with van der Waals surface area (Å²) in [5, 5.41) is 3.52. The summed E-state index contributed by atoms with van der Waals surface area (Å²) in [7, 11) is 0. The molecular formula is C14H22N2. The molecule has 1 saturated carbocycles. The van der Waals surface area contributed by atoms with Crippen LogP contribution in [-0.2, 0) is 6.54 Å². The number of hydrogen-bond donors (Lipinski definition) is 2. The average Bonchev–Trinajstić information content (AvgIpc) is 2.67. The van der Waals surface area contributed by atoms with Crippen LogP contribution >= 0.6 is 0 Å². The largest absolute Gasteiger partial charge is 0.398 e. The van der Waals surface area contributed by atoms with Crippen molar-refractivity contribution in [3.8, 4) is 0 Å². The summed E-state index contributed by atoms with van der Waals surface area (Å²) in [6, 6.07) is 8.09. The molecule has 1 fully saturated rings. The lowest BCUT2D eigenvalue weighted by Crippen LogP contribution is -2.21. The number of rotatable bonds is 4. The molecule has 0 radical (unpaired) electrons. The van der Waals surface area contributed by atoms with Crippen LogP contribution < -0.4 is 11.1 Å². The lowest BCUT2D eigenvalue weighted by atomic mass is 10.1. The van der Waals surface area contributed by atoms with Gasteiger partial charge in [-0.15, -0.1) is 0 Å². The van der Waals surface area contributed by atoms with E-state index in [0.717, 1.165) is 30.6 Å². The van der Waals surface area contributed by atoms with Crippen molar-refractivity contribution in [3.63, 3.8) is 0 Å². The molecule has 0 saturated heterocycles. The number of para-hydroxylation sites is 1. The summed E-state index contributed by atoms with van der Waals surface area (Å²) >= 11 is 0. The normalized spacial score (nSPS) is 24.8. The third-order valence-corrected chi connectivity index (χ3v) is 3.61. The Morgan fingerprint density at radius 2 is 2.12 bits per heavy atom.